The molecule has 1 aliphatic carbocycles. The number of rotatable bonds is 3. The van der Waals surface area contributed by atoms with Crippen molar-refractivity contribution in [3.05, 3.63) is 18.0 Å². The molecule has 0 saturated heterocycles. The van der Waals surface area contributed by atoms with E-state index < -0.39 is 0 Å². The number of carbonyl (C=O) groups is 1. The molecule has 17 heavy (non-hydrogen) atoms. The number of aryl methyl sites for hydroxylation is 1. The van der Waals surface area contributed by atoms with Gasteiger partial charge in [0.1, 0.15) is 5.69 Å². The van der Waals surface area contributed by atoms with Gasteiger partial charge in [-0.1, -0.05) is 19.3 Å². The van der Waals surface area contributed by atoms with E-state index in [2.05, 4.69) is 5.32 Å². The molecule has 4 nitrogen and oxygen atoms in total. The van der Waals surface area contributed by atoms with Gasteiger partial charge in [0.15, 0.2) is 0 Å². The molecule has 1 aromatic heterocycles. The summed E-state index contributed by atoms with van der Waals surface area (Å²) in [6.45, 7) is 0.796. The average molecular weight is 235 g/mol. The minimum Gasteiger partial charge on any atom is -0.397 e. The van der Waals surface area contributed by atoms with Crippen LogP contribution < -0.4 is 11.1 Å². The zero-order valence-electron chi connectivity index (χ0n) is 10.4. The summed E-state index contributed by atoms with van der Waals surface area (Å²) in [5.41, 5.74) is 6.93. The van der Waals surface area contributed by atoms with Crippen molar-refractivity contribution in [2.24, 2.45) is 13.0 Å². The number of carbonyl (C=O) groups excluding carboxylic acids is 1. The first-order chi connectivity index (χ1) is 8.16. The fraction of sp³-hybridized carbons (Fsp3) is 0.615. The van der Waals surface area contributed by atoms with Gasteiger partial charge in [0, 0.05) is 19.8 Å². The fourth-order valence-electron chi connectivity index (χ4n) is 2.53. The van der Waals surface area contributed by atoms with Gasteiger partial charge in [0.25, 0.3) is 5.91 Å². The smallest absolute Gasteiger partial charge is 0.267 e. The van der Waals surface area contributed by atoms with Gasteiger partial charge in [-0.15, -0.1) is 0 Å². The first-order valence-electron chi connectivity index (χ1n) is 6.37. The summed E-state index contributed by atoms with van der Waals surface area (Å²) in [7, 11) is 1.84. The van der Waals surface area contributed by atoms with Crippen molar-refractivity contribution in [3.63, 3.8) is 0 Å². The number of nitrogens with zero attached hydrogens (tertiary/aromatic N) is 1. The monoisotopic (exact) mass is 235 g/mol. The van der Waals surface area contributed by atoms with Crippen LogP contribution in [0.5, 0.6) is 0 Å². The van der Waals surface area contributed by atoms with Crippen LogP contribution in [0.1, 0.15) is 42.6 Å². The third-order valence-electron chi connectivity index (χ3n) is 3.53. The van der Waals surface area contributed by atoms with Crippen molar-refractivity contribution in [1.82, 2.24) is 9.88 Å². The lowest BCUT2D eigenvalue weighted by Gasteiger charge is -2.21. The first kappa shape index (κ1) is 12.0. The number of amides is 1. The predicted molar refractivity (Wildman–Crippen MR) is 68.7 cm³/mol. The summed E-state index contributed by atoms with van der Waals surface area (Å²) in [4.78, 5) is 11.9. The largest absolute Gasteiger partial charge is 0.397 e. The maximum absolute atomic E-state index is 11.9. The van der Waals surface area contributed by atoms with Gasteiger partial charge in [-0.25, -0.2) is 0 Å². The number of nitrogen functional groups attached to an aromatic ring is 1. The lowest BCUT2D eigenvalue weighted by Crippen LogP contribution is -2.31. The molecule has 0 radical (unpaired) electrons. The van der Waals surface area contributed by atoms with Crippen LogP contribution in [0.15, 0.2) is 12.3 Å². The molecule has 4 heteroatoms. The number of hydrogen-bond donors (Lipinski definition) is 2. The second-order valence-electron chi connectivity index (χ2n) is 4.98. The van der Waals surface area contributed by atoms with Gasteiger partial charge in [0.2, 0.25) is 0 Å². The molecule has 1 heterocycles. The summed E-state index contributed by atoms with van der Waals surface area (Å²) in [5, 5.41) is 3.01. The second-order valence-corrected chi connectivity index (χ2v) is 4.98. The number of nitrogens with two attached hydrogens (primary N) is 1. The molecule has 0 aromatic carbocycles. The van der Waals surface area contributed by atoms with E-state index in [0.29, 0.717) is 17.3 Å². The van der Waals surface area contributed by atoms with Crippen LogP contribution in [-0.2, 0) is 7.05 Å². The molecule has 94 valence electrons. The van der Waals surface area contributed by atoms with Crippen molar-refractivity contribution in [2.45, 2.75) is 32.1 Å². The molecule has 2 rings (SSSR count). The second kappa shape index (κ2) is 5.25. The van der Waals surface area contributed by atoms with Crippen LogP contribution in [-0.4, -0.2) is 17.0 Å². The Kier molecular flexibility index (Phi) is 3.71. The van der Waals surface area contributed by atoms with E-state index in [4.69, 9.17) is 5.73 Å². The predicted octanol–water partition coefficient (Wildman–Crippen LogP) is 1.92. The molecule has 1 aliphatic rings. The number of nitrogens with one attached hydrogen (secondary N) is 1. The van der Waals surface area contributed by atoms with E-state index in [1.54, 1.807) is 16.8 Å². The zero-order chi connectivity index (χ0) is 12.3. The van der Waals surface area contributed by atoms with Gasteiger partial charge < -0.3 is 15.6 Å². The Morgan fingerprint density at radius 1 is 1.47 bits per heavy atom. The number of aromatic nitrogens is 1. The summed E-state index contributed by atoms with van der Waals surface area (Å²) in [6.07, 6.45) is 8.20. The van der Waals surface area contributed by atoms with Crippen LogP contribution in [0, 0.1) is 5.92 Å². The highest BCUT2D eigenvalue weighted by Crippen LogP contribution is 2.22. The van der Waals surface area contributed by atoms with E-state index in [1.165, 1.54) is 32.1 Å². The van der Waals surface area contributed by atoms with Gasteiger partial charge in [-0.2, -0.15) is 0 Å². The Morgan fingerprint density at radius 2 is 2.18 bits per heavy atom. The number of hydrogen-bond acceptors (Lipinski definition) is 2. The van der Waals surface area contributed by atoms with E-state index in [9.17, 15) is 4.79 Å². The summed E-state index contributed by atoms with van der Waals surface area (Å²) in [6, 6.07) is 1.72. The van der Waals surface area contributed by atoms with Crippen LogP contribution in [0.3, 0.4) is 0 Å². The molecule has 1 amide bonds. The Bertz CT molecular complexity index is 391. The van der Waals surface area contributed by atoms with Gasteiger partial charge >= 0.3 is 0 Å². The molecule has 0 atom stereocenters. The summed E-state index contributed by atoms with van der Waals surface area (Å²) in [5.74, 6) is 0.639. The van der Waals surface area contributed by atoms with Crippen molar-refractivity contribution >= 4 is 11.6 Å². The van der Waals surface area contributed by atoms with E-state index in [1.807, 2.05) is 7.05 Å². The molecule has 0 aliphatic heterocycles. The Balaban J connectivity index is 1.86. The third kappa shape index (κ3) is 3.02. The third-order valence-corrected chi connectivity index (χ3v) is 3.53. The topological polar surface area (TPSA) is 60.0 Å². The van der Waals surface area contributed by atoms with Gasteiger partial charge in [-0.05, 0) is 24.8 Å². The van der Waals surface area contributed by atoms with Crippen LogP contribution >= 0.6 is 0 Å². The molecule has 1 aromatic rings. The zero-order valence-corrected chi connectivity index (χ0v) is 10.4. The maximum Gasteiger partial charge on any atom is 0.267 e. The molecule has 0 spiro atoms. The quantitative estimate of drug-likeness (QED) is 0.840. The van der Waals surface area contributed by atoms with E-state index in [0.717, 1.165) is 6.54 Å². The first-order valence-corrected chi connectivity index (χ1v) is 6.37. The standard InChI is InChI=1S/C13H21N3O/c1-16-9-11(14)7-12(16)13(17)15-8-10-5-3-2-4-6-10/h7,9-10H,2-6,8,14H2,1H3,(H,15,17). The molecule has 1 fully saturated rings. The maximum atomic E-state index is 11.9. The van der Waals surface area contributed by atoms with Crippen LogP contribution in [0.4, 0.5) is 5.69 Å². The Labute approximate surface area is 102 Å². The highest BCUT2D eigenvalue weighted by Gasteiger charge is 2.16. The minimum atomic E-state index is -0.0187. The average Bonchev–Trinajstić information content (AvgIpc) is 2.67. The highest BCUT2D eigenvalue weighted by atomic mass is 16.1. The SMILES string of the molecule is Cn1cc(N)cc1C(=O)NCC1CCCCC1. The summed E-state index contributed by atoms with van der Waals surface area (Å²) < 4.78 is 1.77. The molecule has 1 saturated carbocycles. The highest BCUT2D eigenvalue weighted by molar-refractivity contribution is 5.93. The van der Waals surface area contributed by atoms with E-state index >= 15 is 0 Å². The Morgan fingerprint density at radius 3 is 2.76 bits per heavy atom. The van der Waals surface area contributed by atoms with Crippen molar-refractivity contribution in [2.75, 3.05) is 12.3 Å². The van der Waals surface area contributed by atoms with Gasteiger partial charge in [0.05, 0.1) is 5.69 Å². The molecule has 0 bridgehead atoms. The molecule has 3 N–H and O–H groups in total. The van der Waals surface area contributed by atoms with E-state index in [-0.39, 0.29) is 5.91 Å². The summed E-state index contributed by atoms with van der Waals surface area (Å²) >= 11 is 0. The molecular weight excluding hydrogens is 214 g/mol. The van der Waals surface area contributed by atoms with Crippen LogP contribution in [0.25, 0.3) is 0 Å². The fourth-order valence-corrected chi connectivity index (χ4v) is 2.53. The Hall–Kier alpha value is -1.45. The van der Waals surface area contributed by atoms with Gasteiger partial charge in [-0.3, -0.25) is 4.79 Å². The van der Waals surface area contributed by atoms with Crippen molar-refractivity contribution < 1.29 is 4.79 Å². The lowest BCUT2D eigenvalue weighted by molar-refractivity contribution is 0.0935. The van der Waals surface area contributed by atoms with Crippen molar-refractivity contribution in [3.8, 4) is 0 Å². The molecule has 0 unspecified atom stereocenters. The lowest BCUT2D eigenvalue weighted by atomic mass is 9.89. The minimum absolute atomic E-state index is 0.0187. The van der Waals surface area contributed by atoms with Crippen molar-refractivity contribution in [1.29, 1.82) is 0 Å². The van der Waals surface area contributed by atoms with Crippen LogP contribution in [0.2, 0.25) is 0 Å². The normalized spacial score (nSPS) is 17.0. The number of anilines is 1. The molecular formula is C13H21N3O.